The molecule has 2 N–H and O–H groups in total. The number of hydrogen-bond acceptors (Lipinski definition) is 3. The van der Waals surface area contributed by atoms with Gasteiger partial charge in [0.25, 0.3) is 0 Å². The summed E-state index contributed by atoms with van der Waals surface area (Å²) >= 11 is 0. The summed E-state index contributed by atoms with van der Waals surface area (Å²) in [5, 5.41) is 6.52. The van der Waals surface area contributed by atoms with Crippen molar-refractivity contribution in [2.45, 2.75) is 26.2 Å². The van der Waals surface area contributed by atoms with Gasteiger partial charge in [-0.1, -0.05) is 0 Å². The molecule has 1 aliphatic heterocycles. The molecule has 3 heteroatoms. The van der Waals surface area contributed by atoms with Gasteiger partial charge in [0.1, 0.15) is 6.23 Å². The molecule has 0 saturated carbocycles. The second-order valence-corrected chi connectivity index (χ2v) is 2.83. The van der Waals surface area contributed by atoms with Crippen LogP contribution in [-0.2, 0) is 4.74 Å². The highest BCUT2D eigenvalue weighted by atomic mass is 16.5. The minimum atomic E-state index is 0.216. The van der Waals surface area contributed by atoms with E-state index in [9.17, 15) is 0 Å². The van der Waals surface area contributed by atoms with Gasteiger partial charge in [0, 0.05) is 19.6 Å². The summed E-state index contributed by atoms with van der Waals surface area (Å²) in [4.78, 5) is 0. The molecule has 1 aliphatic rings. The monoisotopic (exact) mass is 144 g/mol. The van der Waals surface area contributed by atoms with Crippen molar-refractivity contribution in [3.8, 4) is 0 Å². The maximum atomic E-state index is 5.52. The Hall–Kier alpha value is -0.120. The first-order chi connectivity index (χ1) is 4.79. The third-order valence-corrected chi connectivity index (χ3v) is 1.44. The zero-order valence-corrected chi connectivity index (χ0v) is 6.68. The normalized spacial score (nSPS) is 27.3. The average molecular weight is 144 g/mol. The third kappa shape index (κ3) is 2.64. The van der Waals surface area contributed by atoms with Gasteiger partial charge in [-0.25, -0.2) is 0 Å². The van der Waals surface area contributed by atoms with Crippen LogP contribution in [0.15, 0.2) is 0 Å². The van der Waals surface area contributed by atoms with Crippen LogP contribution in [0.1, 0.15) is 13.8 Å². The Morgan fingerprint density at radius 3 is 2.70 bits per heavy atom. The van der Waals surface area contributed by atoms with Crippen LogP contribution < -0.4 is 10.6 Å². The van der Waals surface area contributed by atoms with Gasteiger partial charge in [-0.05, 0) is 13.8 Å². The van der Waals surface area contributed by atoms with E-state index in [1.165, 1.54) is 0 Å². The molecule has 0 amide bonds. The van der Waals surface area contributed by atoms with Gasteiger partial charge in [-0.3, -0.25) is 5.32 Å². The van der Waals surface area contributed by atoms with Gasteiger partial charge in [0.05, 0.1) is 6.10 Å². The Labute approximate surface area is 62.1 Å². The van der Waals surface area contributed by atoms with Crippen molar-refractivity contribution in [3.63, 3.8) is 0 Å². The van der Waals surface area contributed by atoms with Gasteiger partial charge >= 0.3 is 0 Å². The Morgan fingerprint density at radius 2 is 2.20 bits per heavy atom. The molecule has 0 aromatic carbocycles. The second-order valence-electron chi connectivity index (χ2n) is 2.83. The predicted molar refractivity (Wildman–Crippen MR) is 40.9 cm³/mol. The molecule has 1 heterocycles. The Bertz CT molecular complexity index is 89.6. The lowest BCUT2D eigenvalue weighted by Crippen LogP contribution is -2.50. The molecule has 3 nitrogen and oxygen atoms in total. The highest BCUT2D eigenvalue weighted by Gasteiger charge is 2.12. The first-order valence-electron chi connectivity index (χ1n) is 3.88. The molecule has 1 saturated heterocycles. The van der Waals surface area contributed by atoms with E-state index >= 15 is 0 Å². The van der Waals surface area contributed by atoms with Gasteiger partial charge in [0.2, 0.25) is 0 Å². The van der Waals surface area contributed by atoms with Crippen LogP contribution in [-0.4, -0.2) is 32.0 Å². The number of piperazine rings is 1. The van der Waals surface area contributed by atoms with Crippen molar-refractivity contribution in [2.75, 3.05) is 19.6 Å². The average Bonchev–Trinajstić information content (AvgIpc) is 1.88. The highest BCUT2D eigenvalue weighted by molar-refractivity contribution is 4.67. The van der Waals surface area contributed by atoms with E-state index in [1.807, 2.05) is 0 Å². The fourth-order valence-corrected chi connectivity index (χ4v) is 1.05. The molecular weight excluding hydrogens is 128 g/mol. The summed E-state index contributed by atoms with van der Waals surface area (Å²) in [6.45, 7) is 7.10. The summed E-state index contributed by atoms with van der Waals surface area (Å²) in [6, 6.07) is 0. The summed E-state index contributed by atoms with van der Waals surface area (Å²) in [6.07, 6.45) is 0.533. The van der Waals surface area contributed by atoms with E-state index in [-0.39, 0.29) is 6.23 Å². The Balaban J connectivity index is 2.13. The molecule has 10 heavy (non-hydrogen) atoms. The number of rotatable bonds is 2. The smallest absolute Gasteiger partial charge is 0.121 e. The molecule has 0 aromatic heterocycles. The molecular formula is C7H16N2O. The topological polar surface area (TPSA) is 33.3 Å². The van der Waals surface area contributed by atoms with Crippen LogP contribution in [0.3, 0.4) is 0 Å². The lowest BCUT2D eigenvalue weighted by molar-refractivity contribution is -0.0180. The zero-order valence-electron chi connectivity index (χ0n) is 6.68. The molecule has 1 atom stereocenters. The summed E-state index contributed by atoms with van der Waals surface area (Å²) in [5.74, 6) is 0. The van der Waals surface area contributed by atoms with Crippen molar-refractivity contribution < 1.29 is 4.74 Å². The van der Waals surface area contributed by atoms with Crippen LogP contribution in [0.25, 0.3) is 0 Å². The van der Waals surface area contributed by atoms with Crippen LogP contribution in [0, 0.1) is 0 Å². The van der Waals surface area contributed by atoms with Crippen molar-refractivity contribution >= 4 is 0 Å². The molecule has 0 spiro atoms. The largest absolute Gasteiger partial charge is 0.359 e. The van der Waals surface area contributed by atoms with E-state index < -0.39 is 0 Å². The van der Waals surface area contributed by atoms with Crippen molar-refractivity contribution in [1.29, 1.82) is 0 Å². The maximum absolute atomic E-state index is 5.52. The van der Waals surface area contributed by atoms with Crippen LogP contribution >= 0.6 is 0 Å². The van der Waals surface area contributed by atoms with Crippen LogP contribution in [0.4, 0.5) is 0 Å². The van der Waals surface area contributed by atoms with E-state index in [0.29, 0.717) is 6.10 Å². The van der Waals surface area contributed by atoms with Gasteiger partial charge < -0.3 is 10.1 Å². The second kappa shape index (κ2) is 3.91. The van der Waals surface area contributed by atoms with Gasteiger partial charge in [-0.15, -0.1) is 0 Å². The standard InChI is InChI=1S/C7H16N2O/c1-6(2)10-7-5-8-3-4-9-7/h6-9H,3-5H2,1-2H3. The quantitative estimate of drug-likeness (QED) is 0.569. The Morgan fingerprint density at radius 1 is 1.40 bits per heavy atom. The number of hydrogen-bond donors (Lipinski definition) is 2. The fraction of sp³-hybridized carbons (Fsp3) is 1.00. The van der Waals surface area contributed by atoms with Gasteiger partial charge in [0.15, 0.2) is 0 Å². The number of nitrogens with one attached hydrogen (secondary N) is 2. The molecule has 60 valence electrons. The lowest BCUT2D eigenvalue weighted by Gasteiger charge is -2.26. The van der Waals surface area contributed by atoms with Gasteiger partial charge in [-0.2, -0.15) is 0 Å². The third-order valence-electron chi connectivity index (χ3n) is 1.44. The van der Waals surface area contributed by atoms with Crippen LogP contribution in [0.5, 0.6) is 0 Å². The molecule has 0 aliphatic carbocycles. The molecule has 1 rings (SSSR count). The van der Waals surface area contributed by atoms with E-state index in [0.717, 1.165) is 19.6 Å². The van der Waals surface area contributed by atoms with Crippen molar-refractivity contribution in [3.05, 3.63) is 0 Å². The Kier molecular flexibility index (Phi) is 3.12. The minimum absolute atomic E-state index is 0.216. The predicted octanol–water partition coefficient (Wildman–Crippen LogP) is -0.0697. The molecule has 0 bridgehead atoms. The van der Waals surface area contributed by atoms with E-state index in [1.54, 1.807) is 0 Å². The van der Waals surface area contributed by atoms with Crippen molar-refractivity contribution in [1.82, 2.24) is 10.6 Å². The summed E-state index contributed by atoms with van der Waals surface area (Å²) < 4.78 is 5.52. The first-order valence-corrected chi connectivity index (χ1v) is 3.88. The molecule has 1 unspecified atom stereocenters. The zero-order chi connectivity index (χ0) is 7.40. The molecule has 0 radical (unpaired) electrons. The summed E-state index contributed by atoms with van der Waals surface area (Å²) in [7, 11) is 0. The minimum Gasteiger partial charge on any atom is -0.359 e. The van der Waals surface area contributed by atoms with E-state index in [4.69, 9.17) is 4.74 Å². The molecule has 0 aromatic rings. The SMILES string of the molecule is CC(C)OC1CNCCN1. The number of ether oxygens (including phenoxy) is 1. The van der Waals surface area contributed by atoms with E-state index in [2.05, 4.69) is 24.5 Å². The van der Waals surface area contributed by atoms with Crippen LogP contribution in [0.2, 0.25) is 0 Å². The van der Waals surface area contributed by atoms with Crippen molar-refractivity contribution in [2.24, 2.45) is 0 Å². The summed E-state index contributed by atoms with van der Waals surface area (Å²) in [5.41, 5.74) is 0. The first kappa shape index (κ1) is 7.98. The lowest BCUT2D eigenvalue weighted by atomic mass is 10.4. The highest BCUT2D eigenvalue weighted by Crippen LogP contribution is 1.95. The fourth-order valence-electron chi connectivity index (χ4n) is 1.05. The molecule has 1 fully saturated rings. The maximum Gasteiger partial charge on any atom is 0.121 e.